The molecule has 0 spiro atoms. The Morgan fingerprint density at radius 1 is 1.62 bits per heavy atom. The molecule has 1 fully saturated rings. The zero-order valence-corrected chi connectivity index (χ0v) is 13.2. The minimum absolute atomic E-state index is 0.0130. The molecule has 0 aromatic carbocycles. The molecule has 6 heteroatoms. The number of hydrogen-bond acceptors (Lipinski definition) is 5. The van der Waals surface area contributed by atoms with Crippen LogP contribution in [0.2, 0.25) is 0 Å². The number of nitrogens with zero attached hydrogens (tertiary/aromatic N) is 2. The van der Waals surface area contributed by atoms with Crippen LogP contribution in [0.15, 0.2) is 11.4 Å². The molecule has 1 aliphatic heterocycles. The quantitative estimate of drug-likeness (QED) is 0.809. The molecule has 1 atom stereocenters. The Morgan fingerprint density at radius 2 is 2.48 bits per heavy atom. The second-order valence-electron chi connectivity index (χ2n) is 5.26. The van der Waals surface area contributed by atoms with Crippen molar-refractivity contribution in [3.8, 4) is 6.07 Å². The number of amides is 1. The van der Waals surface area contributed by atoms with Gasteiger partial charge in [0, 0.05) is 25.6 Å². The van der Waals surface area contributed by atoms with Crippen molar-refractivity contribution in [2.24, 2.45) is 0 Å². The van der Waals surface area contributed by atoms with Crippen LogP contribution in [0.1, 0.15) is 31.7 Å². The van der Waals surface area contributed by atoms with Gasteiger partial charge in [0.2, 0.25) is 5.91 Å². The van der Waals surface area contributed by atoms with Crippen LogP contribution in [-0.2, 0) is 4.79 Å². The summed E-state index contributed by atoms with van der Waals surface area (Å²) in [4.78, 5) is 14.4. The summed E-state index contributed by atoms with van der Waals surface area (Å²) in [7, 11) is 0. The Labute approximate surface area is 129 Å². The SMILES string of the molecule is CCCN(CCC(=O)Nc1sccc1C#N)C1CCNC1. The summed E-state index contributed by atoms with van der Waals surface area (Å²) in [6.07, 6.45) is 2.73. The van der Waals surface area contributed by atoms with Crippen LogP contribution < -0.4 is 10.6 Å². The molecule has 1 amide bonds. The molecular weight excluding hydrogens is 284 g/mol. The first kappa shape index (κ1) is 16.0. The van der Waals surface area contributed by atoms with Crippen molar-refractivity contribution in [3.63, 3.8) is 0 Å². The number of thiophene rings is 1. The summed E-state index contributed by atoms with van der Waals surface area (Å²) in [5.74, 6) is -0.0130. The van der Waals surface area contributed by atoms with E-state index in [2.05, 4.69) is 28.5 Å². The summed E-state index contributed by atoms with van der Waals surface area (Å²) in [6.45, 7) is 6.06. The molecule has 0 bridgehead atoms. The maximum absolute atomic E-state index is 12.0. The van der Waals surface area contributed by atoms with Crippen LogP contribution in [0.5, 0.6) is 0 Å². The number of rotatable bonds is 7. The van der Waals surface area contributed by atoms with E-state index in [0.717, 1.165) is 39.0 Å². The molecular formula is C15H22N4OS. The standard InChI is InChI=1S/C15H22N4OS/c1-2-7-19(13-3-6-17-11-13)8-4-14(20)18-15-12(10-16)5-9-21-15/h5,9,13,17H,2-4,6-8,11H2,1H3,(H,18,20). The number of hydrogen-bond donors (Lipinski definition) is 2. The highest BCUT2D eigenvalue weighted by atomic mass is 32.1. The Hall–Kier alpha value is -1.42. The van der Waals surface area contributed by atoms with Gasteiger partial charge in [-0.05, 0) is 37.4 Å². The topological polar surface area (TPSA) is 68.2 Å². The lowest BCUT2D eigenvalue weighted by Gasteiger charge is -2.27. The third kappa shape index (κ3) is 4.53. The minimum atomic E-state index is -0.0130. The number of anilines is 1. The monoisotopic (exact) mass is 306 g/mol. The molecule has 1 unspecified atom stereocenters. The lowest BCUT2D eigenvalue weighted by atomic mass is 10.2. The molecule has 0 saturated carbocycles. The van der Waals surface area contributed by atoms with E-state index in [1.54, 1.807) is 6.07 Å². The van der Waals surface area contributed by atoms with Gasteiger partial charge in [-0.25, -0.2) is 0 Å². The second kappa shape index (κ2) is 8.13. The van der Waals surface area contributed by atoms with Crippen LogP contribution in [0.3, 0.4) is 0 Å². The summed E-state index contributed by atoms with van der Waals surface area (Å²) in [6, 6.07) is 4.37. The van der Waals surface area contributed by atoms with Gasteiger partial charge in [0.05, 0.1) is 5.56 Å². The Balaban J connectivity index is 1.82. The van der Waals surface area contributed by atoms with Gasteiger partial charge in [-0.1, -0.05) is 6.92 Å². The van der Waals surface area contributed by atoms with E-state index in [4.69, 9.17) is 5.26 Å². The van der Waals surface area contributed by atoms with Crippen LogP contribution in [-0.4, -0.2) is 43.0 Å². The minimum Gasteiger partial charge on any atom is -0.317 e. The molecule has 1 aromatic rings. The van der Waals surface area contributed by atoms with Crippen molar-refractivity contribution in [2.45, 2.75) is 32.2 Å². The third-order valence-corrected chi connectivity index (χ3v) is 4.56. The first-order valence-corrected chi connectivity index (χ1v) is 8.34. The van der Waals surface area contributed by atoms with Gasteiger partial charge in [-0.2, -0.15) is 5.26 Å². The zero-order chi connectivity index (χ0) is 15.1. The van der Waals surface area contributed by atoms with E-state index in [9.17, 15) is 4.79 Å². The largest absolute Gasteiger partial charge is 0.317 e. The Kier molecular flexibility index (Phi) is 6.18. The van der Waals surface area contributed by atoms with Crippen LogP contribution in [0, 0.1) is 11.3 Å². The molecule has 2 rings (SSSR count). The Morgan fingerprint density at radius 3 is 3.14 bits per heavy atom. The van der Waals surface area contributed by atoms with Gasteiger partial charge in [0.15, 0.2) is 0 Å². The first-order chi connectivity index (χ1) is 10.2. The fourth-order valence-electron chi connectivity index (χ4n) is 2.64. The van der Waals surface area contributed by atoms with Gasteiger partial charge in [-0.3, -0.25) is 9.69 Å². The Bertz CT molecular complexity index is 502. The highest BCUT2D eigenvalue weighted by molar-refractivity contribution is 7.14. The van der Waals surface area contributed by atoms with E-state index < -0.39 is 0 Å². The summed E-state index contributed by atoms with van der Waals surface area (Å²) < 4.78 is 0. The van der Waals surface area contributed by atoms with Crippen LogP contribution in [0.4, 0.5) is 5.00 Å². The number of nitriles is 1. The molecule has 1 aliphatic rings. The van der Waals surface area contributed by atoms with Crippen molar-refractivity contribution in [1.82, 2.24) is 10.2 Å². The maximum atomic E-state index is 12.0. The first-order valence-electron chi connectivity index (χ1n) is 7.46. The second-order valence-corrected chi connectivity index (χ2v) is 6.17. The number of carbonyl (C=O) groups is 1. The van der Waals surface area contributed by atoms with Gasteiger partial charge in [0.1, 0.15) is 11.1 Å². The van der Waals surface area contributed by atoms with Gasteiger partial charge >= 0.3 is 0 Å². The van der Waals surface area contributed by atoms with Gasteiger partial charge < -0.3 is 10.6 Å². The highest BCUT2D eigenvalue weighted by Gasteiger charge is 2.22. The lowest BCUT2D eigenvalue weighted by molar-refractivity contribution is -0.116. The maximum Gasteiger partial charge on any atom is 0.226 e. The zero-order valence-electron chi connectivity index (χ0n) is 12.4. The smallest absolute Gasteiger partial charge is 0.226 e. The van der Waals surface area contributed by atoms with Crippen molar-refractivity contribution < 1.29 is 4.79 Å². The normalized spacial score (nSPS) is 17.9. The van der Waals surface area contributed by atoms with Crippen molar-refractivity contribution in [2.75, 3.05) is 31.5 Å². The molecule has 2 N–H and O–H groups in total. The summed E-state index contributed by atoms with van der Waals surface area (Å²) in [5, 5.41) is 17.6. The van der Waals surface area contributed by atoms with Crippen molar-refractivity contribution >= 4 is 22.2 Å². The van der Waals surface area contributed by atoms with E-state index in [0.29, 0.717) is 23.0 Å². The molecule has 0 aliphatic carbocycles. The van der Waals surface area contributed by atoms with E-state index in [-0.39, 0.29) is 5.91 Å². The van der Waals surface area contributed by atoms with E-state index in [1.807, 2.05) is 5.38 Å². The van der Waals surface area contributed by atoms with Crippen molar-refractivity contribution in [1.29, 1.82) is 5.26 Å². The predicted molar refractivity (Wildman–Crippen MR) is 85.4 cm³/mol. The summed E-state index contributed by atoms with van der Waals surface area (Å²) >= 11 is 1.39. The average Bonchev–Trinajstić information content (AvgIpc) is 3.14. The molecule has 1 saturated heterocycles. The van der Waals surface area contributed by atoms with Crippen LogP contribution in [0.25, 0.3) is 0 Å². The molecule has 5 nitrogen and oxygen atoms in total. The molecule has 114 valence electrons. The highest BCUT2D eigenvalue weighted by Crippen LogP contribution is 2.22. The fraction of sp³-hybridized carbons (Fsp3) is 0.600. The molecule has 1 aromatic heterocycles. The predicted octanol–water partition coefficient (Wildman–Crippen LogP) is 2.02. The number of nitrogens with one attached hydrogen (secondary N) is 2. The van der Waals surface area contributed by atoms with Gasteiger partial charge in [0.25, 0.3) is 0 Å². The van der Waals surface area contributed by atoms with Crippen LogP contribution >= 0.6 is 11.3 Å². The van der Waals surface area contributed by atoms with E-state index in [1.165, 1.54) is 11.3 Å². The number of carbonyl (C=O) groups excluding carboxylic acids is 1. The summed E-state index contributed by atoms with van der Waals surface area (Å²) in [5.41, 5.74) is 0.541. The fourth-order valence-corrected chi connectivity index (χ4v) is 3.40. The average molecular weight is 306 g/mol. The molecule has 21 heavy (non-hydrogen) atoms. The van der Waals surface area contributed by atoms with Gasteiger partial charge in [-0.15, -0.1) is 11.3 Å². The molecule has 2 heterocycles. The van der Waals surface area contributed by atoms with Crippen molar-refractivity contribution in [3.05, 3.63) is 17.0 Å². The molecule has 0 radical (unpaired) electrons. The lowest BCUT2D eigenvalue weighted by Crippen LogP contribution is -2.39. The van der Waals surface area contributed by atoms with E-state index >= 15 is 0 Å². The third-order valence-electron chi connectivity index (χ3n) is 3.73.